The number of para-hydroxylation sites is 1. The van der Waals surface area contributed by atoms with E-state index in [0.717, 1.165) is 50.1 Å². The lowest BCUT2D eigenvalue weighted by molar-refractivity contribution is 0.375. The number of hydrogen-bond acceptors (Lipinski definition) is 3. The fourth-order valence-corrected chi connectivity index (χ4v) is 5.12. The second-order valence-electron chi connectivity index (χ2n) is 11.2. The van der Waals surface area contributed by atoms with E-state index in [1.807, 2.05) is 24.3 Å². The lowest BCUT2D eigenvalue weighted by Gasteiger charge is -2.21. The SMILES string of the molecule is CN(C)CCC(Cc1ccccc1)c1cccc(F)c1.COc1ccccc1CC(CCN(C)C)c1ccccc1. The fraction of sp³-hybridized carbons (Fsp3) is 0.351. The van der Waals surface area contributed by atoms with Gasteiger partial charge in [-0.25, -0.2) is 4.39 Å². The van der Waals surface area contributed by atoms with E-state index in [2.05, 4.69) is 105 Å². The van der Waals surface area contributed by atoms with Crippen molar-refractivity contribution in [2.45, 2.75) is 37.5 Å². The standard InChI is InChI=1S/C19H25NO.C18H22FN/c1-20(2)14-13-17(16-9-5-4-6-10-16)15-18-11-7-8-12-19(18)21-3;1-20(2)12-11-17(13-15-7-4-3-5-8-15)16-9-6-10-18(19)14-16/h4-12,17H,13-15H2,1-3H3;3-10,14,17H,11-13H2,1-2H3. The summed E-state index contributed by atoms with van der Waals surface area (Å²) in [5.41, 5.74) is 5.09. The number of rotatable bonds is 13. The zero-order chi connectivity index (χ0) is 29.5. The van der Waals surface area contributed by atoms with Crippen LogP contribution >= 0.6 is 0 Å². The van der Waals surface area contributed by atoms with Gasteiger partial charge in [-0.1, -0.05) is 91.0 Å². The van der Waals surface area contributed by atoms with E-state index in [9.17, 15) is 4.39 Å². The van der Waals surface area contributed by atoms with Crippen LogP contribution in [0.4, 0.5) is 4.39 Å². The molecule has 0 heterocycles. The first-order valence-electron chi connectivity index (χ1n) is 14.6. The van der Waals surface area contributed by atoms with Gasteiger partial charge in [0, 0.05) is 0 Å². The Bertz CT molecular complexity index is 1260. The van der Waals surface area contributed by atoms with Gasteiger partial charge in [-0.15, -0.1) is 0 Å². The second kappa shape index (κ2) is 17.4. The maximum Gasteiger partial charge on any atom is 0.123 e. The van der Waals surface area contributed by atoms with E-state index in [1.165, 1.54) is 22.8 Å². The van der Waals surface area contributed by atoms with Crippen molar-refractivity contribution in [3.8, 4) is 5.75 Å². The first-order valence-corrected chi connectivity index (χ1v) is 14.6. The van der Waals surface area contributed by atoms with Gasteiger partial charge < -0.3 is 14.5 Å². The van der Waals surface area contributed by atoms with E-state index < -0.39 is 0 Å². The van der Waals surface area contributed by atoms with Crippen LogP contribution in [0, 0.1) is 5.82 Å². The summed E-state index contributed by atoms with van der Waals surface area (Å²) in [7, 11) is 10.2. The monoisotopic (exact) mass is 554 g/mol. The average molecular weight is 555 g/mol. The third-order valence-corrected chi connectivity index (χ3v) is 7.42. The van der Waals surface area contributed by atoms with Gasteiger partial charge in [0.05, 0.1) is 7.11 Å². The Kier molecular flexibility index (Phi) is 13.6. The summed E-state index contributed by atoms with van der Waals surface area (Å²) in [4.78, 5) is 4.43. The van der Waals surface area contributed by atoms with Crippen molar-refractivity contribution in [3.63, 3.8) is 0 Å². The molecule has 0 amide bonds. The summed E-state index contributed by atoms with van der Waals surface area (Å²) in [6.07, 6.45) is 4.15. The smallest absolute Gasteiger partial charge is 0.123 e. The van der Waals surface area contributed by atoms with Gasteiger partial charge in [-0.2, -0.15) is 0 Å². The molecule has 0 radical (unpaired) electrons. The van der Waals surface area contributed by atoms with Crippen LogP contribution in [0.3, 0.4) is 0 Å². The zero-order valence-corrected chi connectivity index (χ0v) is 25.5. The largest absolute Gasteiger partial charge is 0.496 e. The lowest BCUT2D eigenvalue weighted by Crippen LogP contribution is -2.17. The molecule has 0 saturated heterocycles. The number of methoxy groups -OCH3 is 1. The fourth-order valence-electron chi connectivity index (χ4n) is 5.12. The molecule has 3 nitrogen and oxygen atoms in total. The minimum absolute atomic E-state index is 0.148. The van der Waals surface area contributed by atoms with E-state index in [0.29, 0.717) is 11.8 Å². The Morgan fingerprint density at radius 3 is 1.73 bits per heavy atom. The van der Waals surface area contributed by atoms with Gasteiger partial charge in [-0.3, -0.25) is 0 Å². The van der Waals surface area contributed by atoms with Crippen molar-refractivity contribution in [1.82, 2.24) is 9.80 Å². The maximum absolute atomic E-state index is 13.5. The molecule has 0 aliphatic rings. The molecule has 0 aromatic heterocycles. The van der Waals surface area contributed by atoms with Crippen LogP contribution in [0.15, 0.2) is 109 Å². The van der Waals surface area contributed by atoms with Crippen LogP contribution in [0.2, 0.25) is 0 Å². The summed E-state index contributed by atoms with van der Waals surface area (Å²) >= 11 is 0. The zero-order valence-electron chi connectivity index (χ0n) is 25.5. The molecule has 0 fully saturated rings. The molecule has 41 heavy (non-hydrogen) atoms. The van der Waals surface area contributed by atoms with E-state index in [-0.39, 0.29) is 5.82 Å². The predicted molar refractivity (Wildman–Crippen MR) is 172 cm³/mol. The van der Waals surface area contributed by atoms with Crippen molar-refractivity contribution in [3.05, 3.63) is 137 Å². The molecular weight excluding hydrogens is 507 g/mol. The highest BCUT2D eigenvalue weighted by molar-refractivity contribution is 5.35. The first kappa shape index (κ1) is 32.0. The van der Waals surface area contributed by atoms with Gasteiger partial charge in [0.25, 0.3) is 0 Å². The Hall–Kier alpha value is -3.47. The summed E-state index contributed by atoms with van der Waals surface area (Å²) in [5.74, 6) is 1.72. The van der Waals surface area contributed by atoms with Crippen LogP contribution < -0.4 is 4.74 Å². The van der Waals surface area contributed by atoms with Crippen molar-refractivity contribution in [1.29, 1.82) is 0 Å². The molecule has 2 unspecified atom stereocenters. The maximum atomic E-state index is 13.5. The minimum atomic E-state index is -0.148. The van der Waals surface area contributed by atoms with Crippen LogP contribution in [-0.4, -0.2) is 58.2 Å². The molecule has 0 spiro atoms. The molecule has 4 aromatic carbocycles. The molecule has 0 bridgehead atoms. The van der Waals surface area contributed by atoms with Crippen LogP contribution in [0.5, 0.6) is 5.75 Å². The Morgan fingerprint density at radius 2 is 1.15 bits per heavy atom. The third kappa shape index (κ3) is 11.5. The molecule has 4 heteroatoms. The predicted octanol–water partition coefficient (Wildman–Crippen LogP) is 8.08. The van der Waals surface area contributed by atoms with E-state index >= 15 is 0 Å². The van der Waals surface area contributed by atoms with Gasteiger partial charge >= 0.3 is 0 Å². The highest BCUT2D eigenvalue weighted by atomic mass is 19.1. The van der Waals surface area contributed by atoms with Crippen LogP contribution in [0.25, 0.3) is 0 Å². The third-order valence-electron chi connectivity index (χ3n) is 7.42. The van der Waals surface area contributed by atoms with Crippen LogP contribution in [-0.2, 0) is 12.8 Å². The summed E-state index contributed by atoms with van der Waals surface area (Å²) < 4.78 is 19.0. The van der Waals surface area contributed by atoms with Crippen molar-refractivity contribution >= 4 is 0 Å². The van der Waals surface area contributed by atoms with Gasteiger partial charge in [0.1, 0.15) is 11.6 Å². The highest BCUT2D eigenvalue weighted by Crippen LogP contribution is 2.29. The number of nitrogens with zero attached hydrogens (tertiary/aromatic N) is 2. The van der Waals surface area contributed by atoms with Crippen molar-refractivity contribution in [2.75, 3.05) is 48.4 Å². The Morgan fingerprint density at radius 1 is 0.610 bits per heavy atom. The molecule has 0 aliphatic heterocycles. The number of halogens is 1. The molecule has 0 aliphatic carbocycles. The molecule has 0 saturated carbocycles. The molecule has 4 aromatic rings. The molecule has 2 atom stereocenters. The number of ether oxygens (including phenoxy) is 1. The molecule has 0 N–H and O–H groups in total. The van der Waals surface area contributed by atoms with Crippen LogP contribution in [0.1, 0.15) is 46.9 Å². The Labute approximate surface area is 247 Å². The quantitative estimate of drug-likeness (QED) is 0.166. The summed E-state index contributed by atoms with van der Waals surface area (Å²) in [6.45, 7) is 2.10. The topological polar surface area (TPSA) is 15.7 Å². The van der Waals surface area contributed by atoms with E-state index in [1.54, 1.807) is 19.2 Å². The average Bonchev–Trinajstić information content (AvgIpc) is 2.98. The number of benzene rings is 4. The van der Waals surface area contributed by atoms with E-state index in [4.69, 9.17) is 4.74 Å². The minimum Gasteiger partial charge on any atom is -0.496 e. The highest BCUT2D eigenvalue weighted by Gasteiger charge is 2.15. The molecule has 218 valence electrons. The van der Waals surface area contributed by atoms with Gasteiger partial charge in [-0.05, 0) is 119 Å². The van der Waals surface area contributed by atoms with Crippen molar-refractivity contribution < 1.29 is 9.13 Å². The molecular formula is C37H47FN2O. The summed E-state index contributed by atoms with van der Waals surface area (Å²) in [5, 5.41) is 0. The normalized spacial score (nSPS) is 12.5. The lowest BCUT2D eigenvalue weighted by atomic mass is 9.89. The first-order chi connectivity index (χ1) is 19.9. The van der Waals surface area contributed by atoms with Gasteiger partial charge in [0.15, 0.2) is 0 Å². The van der Waals surface area contributed by atoms with Crippen molar-refractivity contribution in [2.24, 2.45) is 0 Å². The van der Waals surface area contributed by atoms with Gasteiger partial charge in [0.2, 0.25) is 0 Å². The number of hydrogen-bond donors (Lipinski definition) is 0. The summed E-state index contributed by atoms with van der Waals surface area (Å²) in [6, 6.07) is 36.6. The molecule has 4 rings (SSSR count). The second-order valence-corrected chi connectivity index (χ2v) is 11.2. The Balaban J connectivity index is 0.000000226.